The van der Waals surface area contributed by atoms with Gasteiger partial charge in [-0.1, -0.05) is 47.5 Å². The van der Waals surface area contributed by atoms with Crippen molar-refractivity contribution in [3.05, 3.63) is 142 Å². The first-order chi connectivity index (χ1) is 45.8. The molecule has 2 aromatic heterocycles. The van der Waals surface area contributed by atoms with Gasteiger partial charge in [0, 0.05) is 115 Å². The van der Waals surface area contributed by atoms with Gasteiger partial charge in [0.2, 0.25) is 17.7 Å². The summed E-state index contributed by atoms with van der Waals surface area (Å²) in [7, 11) is 3.02. The van der Waals surface area contributed by atoms with Crippen molar-refractivity contribution < 1.29 is 80.0 Å². The van der Waals surface area contributed by atoms with Crippen molar-refractivity contribution in [3.8, 4) is 0 Å². The molecule has 0 radical (unpaired) electrons. The first-order valence-corrected chi connectivity index (χ1v) is 32.1. The summed E-state index contributed by atoms with van der Waals surface area (Å²) in [4.78, 5) is 115. The Hall–Kier alpha value is -8.38. The zero-order valence-electron chi connectivity index (χ0n) is 56.4. The normalized spacial score (nSPS) is 13.5. The second kappa shape index (κ2) is 39.4. The molecular weight excluding hydrogens is 1380 g/mol. The van der Waals surface area contributed by atoms with E-state index < -0.39 is 65.2 Å². The molecule has 23 nitrogen and oxygen atoms in total. The third-order valence-corrected chi connectivity index (χ3v) is 16.1. The van der Waals surface area contributed by atoms with Crippen LogP contribution in [-0.2, 0) is 51.0 Å². The molecule has 6 aromatic rings. The van der Waals surface area contributed by atoms with Crippen LogP contribution in [0.15, 0.2) is 97.3 Å². The number of halogens is 6. The summed E-state index contributed by atoms with van der Waals surface area (Å²) in [6.07, 6.45) is 0.983. The van der Waals surface area contributed by atoms with Crippen LogP contribution in [0.2, 0.25) is 10.0 Å². The number of nitrogens with zero attached hydrogens (tertiary/aromatic N) is 7. The minimum absolute atomic E-state index is 0. The van der Waals surface area contributed by atoms with Crippen molar-refractivity contribution in [1.29, 1.82) is 0 Å². The van der Waals surface area contributed by atoms with Crippen LogP contribution in [0, 0.1) is 23.3 Å². The van der Waals surface area contributed by atoms with E-state index in [9.17, 15) is 55.9 Å². The van der Waals surface area contributed by atoms with Gasteiger partial charge in [-0.15, -0.1) is 0 Å². The summed E-state index contributed by atoms with van der Waals surface area (Å²) in [5, 5.41) is 19.5. The number of amides is 7. The lowest BCUT2D eigenvalue weighted by Crippen LogP contribution is -2.51. The number of ether oxygens (including phenoxy) is 4. The average Bonchev–Trinajstić information content (AvgIpc) is 0.869. The molecule has 2 atom stereocenters. The van der Waals surface area contributed by atoms with Crippen molar-refractivity contribution in [1.82, 2.24) is 39.8 Å². The van der Waals surface area contributed by atoms with E-state index in [-0.39, 0.29) is 143 Å². The van der Waals surface area contributed by atoms with Crippen molar-refractivity contribution >= 4 is 131 Å². The van der Waals surface area contributed by atoms with E-state index in [0.29, 0.717) is 58.9 Å². The number of fused-ring (bicyclic) bond motifs is 2. The number of aromatic nitrogens is 2. The summed E-state index contributed by atoms with van der Waals surface area (Å²) >= 11 is 12.0. The molecule has 540 valence electrons. The van der Waals surface area contributed by atoms with E-state index in [4.69, 9.17) is 47.3 Å². The molecule has 4 heterocycles. The minimum Gasteiger partial charge on any atom is -0.481 e. The molecule has 99 heavy (non-hydrogen) atoms. The Labute approximate surface area is 596 Å². The molecule has 2 aliphatic heterocycles. The van der Waals surface area contributed by atoms with E-state index in [1.165, 1.54) is 89.9 Å². The number of piperazine rings is 2. The molecule has 0 aliphatic carbocycles. The maximum Gasteiger partial charge on any atom is 0.412 e. The van der Waals surface area contributed by atoms with Gasteiger partial charge in [-0.3, -0.25) is 29.8 Å². The third kappa shape index (κ3) is 27.7. The van der Waals surface area contributed by atoms with Gasteiger partial charge in [-0.2, -0.15) is 27.0 Å². The monoisotopic (exact) mass is 1460 g/mol. The number of hydrogen-bond donors (Lipinski definition) is 4. The van der Waals surface area contributed by atoms with Gasteiger partial charge in [0.1, 0.15) is 59.3 Å². The summed E-state index contributed by atoms with van der Waals surface area (Å²) in [5.74, 6) is -3.66. The quantitative estimate of drug-likeness (QED) is 0.0408. The number of carbonyl (C=O) groups excluding carboxylic acids is 7. The van der Waals surface area contributed by atoms with E-state index >= 15 is 0 Å². The number of carboxylic acid groups (broad SMARTS) is 1. The largest absolute Gasteiger partial charge is 0.481 e. The third-order valence-electron chi connectivity index (χ3n) is 15.2. The molecule has 2 saturated heterocycles. The van der Waals surface area contributed by atoms with E-state index in [0.717, 1.165) is 26.2 Å². The van der Waals surface area contributed by atoms with Crippen LogP contribution < -0.4 is 16.0 Å². The fourth-order valence-corrected chi connectivity index (χ4v) is 10.3. The molecule has 7 amide bonds. The summed E-state index contributed by atoms with van der Waals surface area (Å²) in [5.41, 5.74) is -0.0637. The number of pyridine rings is 2. The maximum atomic E-state index is 13.9. The smallest absolute Gasteiger partial charge is 0.412 e. The number of nitrogens with one attached hydrogen (secondary N) is 3. The highest BCUT2D eigenvalue weighted by molar-refractivity contribution is 7.59. The lowest BCUT2D eigenvalue weighted by atomic mass is 10.1. The Morgan fingerprint density at radius 1 is 0.556 bits per heavy atom. The topological polar surface area (TPSA) is 272 Å². The average molecular weight is 1460 g/mol. The van der Waals surface area contributed by atoms with Gasteiger partial charge in [-0.05, 0) is 150 Å². The lowest BCUT2D eigenvalue weighted by molar-refractivity contribution is -0.139. The van der Waals surface area contributed by atoms with Crippen LogP contribution >= 0.6 is 50.2 Å². The summed E-state index contributed by atoms with van der Waals surface area (Å²) in [6.45, 7) is 15.0. The molecule has 0 saturated carbocycles. The first-order valence-electron chi connectivity index (χ1n) is 31.3. The molecule has 31 heteroatoms. The Bertz CT molecular complexity index is 3750. The van der Waals surface area contributed by atoms with Gasteiger partial charge >= 0.3 is 30.3 Å². The fraction of sp³-hybridized carbons (Fsp3) is 0.441. The number of benzene rings is 4. The molecule has 0 bridgehead atoms. The Balaban J connectivity index is 0.000000358. The molecule has 0 spiro atoms. The first kappa shape index (κ1) is 83.0. The Morgan fingerprint density at radius 3 is 1.35 bits per heavy atom. The predicted octanol–water partition coefficient (Wildman–Crippen LogP) is 12.1. The molecule has 2 aliphatic rings. The van der Waals surface area contributed by atoms with Crippen LogP contribution in [0.1, 0.15) is 91.2 Å². The SMILES string of the molecule is CC(C)(C)OC(=O)N1CCNCC1.CN(C(=O)CCc1cccc(F)c1Cl)[C@@H](CCC(=O)N1CCN(C(=O)OC(C)(C)C)CC1)COC(=O)Nc1cc2cc(F)ccc2cn1.CN(C(=O)CCc1cccc(F)c1Cl)[C@@H](CCC(=O)O)COC(=O)Nc1cc2cc(F)ccc2cn1.S.S. The summed E-state index contributed by atoms with van der Waals surface area (Å²) in [6, 6.07) is 18.6. The number of carbonyl (C=O) groups is 8. The van der Waals surface area contributed by atoms with E-state index in [1.807, 2.05) is 20.8 Å². The molecule has 0 unspecified atom stereocenters. The number of carboxylic acids is 1. The Kier molecular flexibility index (Phi) is 33.1. The van der Waals surface area contributed by atoms with E-state index in [2.05, 4.69) is 25.9 Å². The molecule has 2 fully saturated rings. The van der Waals surface area contributed by atoms with E-state index in [1.54, 1.807) is 66.8 Å². The summed E-state index contributed by atoms with van der Waals surface area (Å²) < 4.78 is 76.0. The number of hydrogen-bond acceptors (Lipinski definition) is 15. The van der Waals surface area contributed by atoms with Crippen molar-refractivity contribution in [2.24, 2.45) is 0 Å². The number of rotatable bonds is 20. The molecule has 4 aromatic carbocycles. The highest BCUT2D eigenvalue weighted by Crippen LogP contribution is 2.25. The standard InChI is InChI=1S/C34H40ClF2N5O6.C25H24ClF2N3O5.C9H18N2O2.2H2S/c1-34(2,3)48-33(46)42-16-14-41(15-17-42)30(44)13-11-26(40(4)29(43)12-9-22-6-5-7-27(37)31(22)35)21-47-32(45)39-28-19-24-18-25(36)10-8-23(24)20-38-28;1-31(22(32)9-6-15-3-2-4-20(28)24(15)26)19(8-10-23(33)34)14-36-25(35)30-21-12-17-11-18(27)7-5-16(17)13-29-21;1-9(2,3)13-8(12)11-6-4-10-5-7-11;;/h5-8,10,18-20,26H,9,11-17,21H2,1-4H3,(H,38,39,45);2-5,7,11-13,19H,6,8-10,14H2,1H3,(H,33,34)(H,29,30,35);10H,4-7H2,1-3H3;2*1H2/t26-;19-;;;/m00.../s1. The fourth-order valence-electron chi connectivity index (χ4n) is 9.87. The van der Waals surface area contributed by atoms with Crippen LogP contribution in [0.25, 0.3) is 21.5 Å². The van der Waals surface area contributed by atoms with Crippen LogP contribution in [-0.4, -0.2) is 191 Å². The van der Waals surface area contributed by atoms with Crippen LogP contribution in [0.5, 0.6) is 0 Å². The Morgan fingerprint density at radius 2 is 0.949 bits per heavy atom. The number of aliphatic carboxylic acids is 1. The van der Waals surface area contributed by atoms with Crippen molar-refractivity contribution in [2.75, 3.05) is 90.3 Å². The minimum atomic E-state index is -1.07. The van der Waals surface area contributed by atoms with Gasteiger partial charge in [0.25, 0.3) is 0 Å². The number of aryl methyl sites for hydroxylation is 2. The lowest BCUT2D eigenvalue weighted by Gasteiger charge is -2.36. The van der Waals surface area contributed by atoms with Gasteiger partial charge in [0.15, 0.2) is 0 Å². The second-order valence-electron chi connectivity index (χ2n) is 24.8. The van der Waals surface area contributed by atoms with Crippen molar-refractivity contribution in [2.45, 2.75) is 116 Å². The molecule has 4 N–H and O–H groups in total. The van der Waals surface area contributed by atoms with Crippen LogP contribution in [0.4, 0.5) is 48.4 Å². The highest BCUT2D eigenvalue weighted by Gasteiger charge is 2.31. The van der Waals surface area contributed by atoms with Crippen molar-refractivity contribution in [3.63, 3.8) is 0 Å². The zero-order chi connectivity index (χ0) is 71.1. The second-order valence-corrected chi connectivity index (χ2v) is 25.6. The van der Waals surface area contributed by atoms with Gasteiger partial charge in [-0.25, -0.2) is 46.7 Å². The predicted molar refractivity (Wildman–Crippen MR) is 378 cm³/mol. The highest BCUT2D eigenvalue weighted by atomic mass is 35.5. The number of likely N-dealkylation sites (N-methyl/N-ethyl adjacent to an activating group) is 2. The molecular formula is C68H86Cl2F4N10O13S2. The number of anilines is 2. The maximum absolute atomic E-state index is 13.9. The molecule has 8 rings (SSSR count). The van der Waals surface area contributed by atoms with Gasteiger partial charge < -0.3 is 53.9 Å². The zero-order valence-corrected chi connectivity index (χ0v) is 59.9. The van der Waals surface area contributed by atoms with Crippen LogP contribution in [0.3, 0.4) is 0 Å². The van der Waals surface area contributed by atoms with Gasteiger partial charge in [0.05, 0.1) is 22.1 Å².